The molecular weight excluding hydrogens is 496 g/mol. The van der Waals surface area contributed by atoms with E-state index in [1.54, 1.807) is 12.1 Å². The Labute approximate surface area is 219 Å². The molecule has 3 aromatic rings. The summed E-state index contributed by atoms with van der Waals surface area (Å²) in [5, 5.41) is 23.3. The van der Waals surface area contributed by atoms with Crippen LogP contribution in [0.3, 0.4) is 0 Å². The van der Waals surface area contributed by atoms with Gasteiger partial charge in [-0.2, -0.15) is 13.2 Å². The highest BCUT2D eigenvalue weighted by Crippen LogP contribution is 2.55. The highest BCUT2D eigenvalue weighted by molar-refractivity contribution is 5.78. The quantitative estimate of drug-likeness (QED) is 0.339. The molecule has 0 saturated heterocycles. The maximum Gasteiger partial charge on any atom is 0.416 e. The van der Waals surface area contributed by atoms with Crippen molar-refractivity contribution in [2.24, 2.45) is 0 Å². The Morgan fingerprint density at radius 2 is 1.58 bits per heavy atom. The number of alkyl halides is 3. The molecule has 0 radical (unpaired) electrons. The lowest BCUT2D eigenvalue weighted by Crippen LogP contribution is -2.47. The molecule has 200 valence electrons. The summed E-state index contributed by atoms with van der Waals surface area (Å²) in [6.07, 6.45) is 0.523. The Bertz CT molecular complexity index is 1320. The van der Waals surface area contributed by atoms with E-state index >= 15 is 0 Å². The first-order valence-corrected chi connectivity index (χ1v) is 13.3. The molecule has 0 aromatic heterocycles. The second-order valence-corrected chi connectivity index (χ2v) is 11.0. The summed E-state index contributed by atoms with van der Waals surface area (Å²) in [5.74, 6) is 0.316. The van der Waals surface area contributed by atoms with Gasteiger partial charge in [0, 0.05) is 12.0 Å². The Morgan fingerprint density at radius 1 is 0.921 bits per heavy atom. The van der Waals surface area contributed by atoms with E-state index < -0.39 is 35.4 Å². The van der Waals surface area contributed by atoms with Gasteiger partial charge >= 0.3 is 6.18 Å². The Morgan fingerprint density at radius 3 is 2.16 bits per heavy atom. The molecule has 1 aliphatic heterocycles. The van der Waals surface area contributed by atoms with E-state index in [2.05, 4.69) is 0 Å². The van der Waals surface area contributed by atoms with Crippen LogP contribution < -0.4 is 4.74 Å². The number of ether oxygens (including phenoxy) is 1. The lowest BCUT2D eigenvalue weighted by atomic mass is 9.71. The fraction of sp³-hybridized carbons (Fsp3) is 0.419. The van der Waals surface area contributed by atoms with Crippen molar-refractivity contribution in [1.82, 2.24) is 0 Å². The minimum Gasteiger partial charge on any atom is -0.487 e. The number of hydrogen-bond donors (Lipinski definition) is 2. The van der Waals surface area contributed by atoms with Crippen molar-refractivity contribution in [2.45, 2.75) is 81.3 Å². The first kappa shape index (κ1) is 25.4. The maximum atomic E-state index is 13.9. The van der Waals surface area contributed by atoms with Crippen LogP contribution in [0.15, 0.2) is 54.6 Å². The van der Waals surface area contributed by atoms with Gasteiger partial charge in [0.15, 0.2) is 0 Å². The van der Waals surface area contributed by atoms with Crippen molar-refractivity contribution in [2.75, 3.05) is 0 Å². The van der Waals surface area contributed by atoms with Gasteiger partial charge in [0.2, 0.25) is 0 Å². The SMILES string of the molecule is O[C@@H](c1ccc(C(F)(F)F)cc1)c1c(C2CCCC2)cc2c(c1-c1ccc(F)cc1)[C@@H](O)CC1(CCC1)O2. The van der Waals surface area contributed by atoms with Crippen molar-refractivity contribution in [1.29, 1.82) is 0 Å². The van der Waals surface area contributed by atoms with E-state index in [1.807, 2.05) is 6.07 Å². The summed E-state index contributed by atoms with van der Waals surface area (Å²) in [5.41, 5.74) is 2.33. The first-order valence-electron chi connectivity index (χ1n) is 13.3. The molecule has 38 heavy (non-hydrogen) atoms. The Kier molecular flexibility index (Phi) is 6.27. The molecule has 0 amide bonds. The zero-order valence-corrected chi connectivity index (χ0v) is 20.9. The Hall–Kier alpha value is -2.90. The number of aliphatic hydroxyl groups excluding tert-OH is 2. The molecule has 1 spiro atoms. The predicted molar refractivity (Wildman–Crippen MR) is 135 cm³/mol. The average Bonchev–Trinajstić information content (AvgIpc) is 3.41. The van der Waals surface area contributed by atoms with E-state index in [4.69, 9.17) is 4.74 Å². The molecule has 2 aliphatic carbocycles. The number of rotatable bonds is 4. The standard InChI is InChI=1S/C31H30F4O3/c32-22-12-8-19(9-13-22)26-27(29(37)20-6-10-21(11-7-20)31(33,34)35)23(18-4-1-2-5-18)16-25-28(26)24(36)17-30(38-25)14-3-15-30/h6-13,16,18,24,29,36-37H,1-5,14-15,17H2/t24-,29-/m0/s1. The van der Waals surface area contributed by atoms with E-state index in [1.165, 1.54) is 24.3 Å². The maximum absolute atomic E-state index is 13.9. The van der Waals surface area contributed by atoms with Crippen LogP contribution in [0.25, 0.3) is 11.1 Å². The molecule has 2 saturated carbocycles. The summed E-state index contributed by atoms with van der Waals surface area (Å²) in [6, 6.07) is 12.4. The third-order valence-electron chi connectivity index (χ3n) is 8.65. The second-order valence-electron chi connectivity index (χ2n) is 11.0. The van der Waals surface area contributed by atoms with E-state index in [0.717, 1.165) is 62.6 Å². The van der Waals surface area contributed by atoms with Crippen LogP contribution >= 0.6 is 0 Å². The zero-order chi connectivity index (χ0) is 26.7. The van der Waals surface area contributed by atoms with Gasteiger partial charge in [-0.3, -0.25) is 0 Å². The van der Waals surface area contributed by atoms with Crippen molar-refractivity contribution in [3.8, 4) is 16.9 Å². The minimum atomic E-state index is -4.48. The summed E-state index contributed by atoms with van der Waals surface area (Å²) in [4.78, 5) is 0. The van der Waals surface area contributed by atoms with E-state index in [0.29, 0.717) is 40.0 Å². The van der Waals surface area contributed by atoms with Gasteiger partial charge in [-0.25, -0.2) is 4.39 Å². The van der Waals surface area contributed by atoms with Crippen LogP contribution in [0.5, 0.6) is 5.75 Å². The molecule has 2 N–H and O–H groups in total. The molecule has 3 aliphatic rings. The Balaban J connectivity index is 1.58. The minimum absolute atomic E-state index is 0.138. The molecule has 0 bridgehead atoms. The number of aliphatic hydroxyl groups is 2. The zero-order valence-electron chi connectivity index (χ0n) is 20.9. The van der Waals surface area contributed by atoms with Crippen LogP contribution in [0.1, 0.15) is 97.3 Å². The van der Waals surface area contributed by atoms with Gasteiger partial charge in [0.05, 0.1) is 11.7 Å². The largest absolute Gasteiger partial charge is 0.487 e. The average molecular weight is 527 g/mol. The normalized spacial score (nSPS) is 21.6. The van der Waals surface area contributed by atoms with Crippen LogP contribution in [-0.2, 0) is 6.18 Å². The van der Waals surface area contributed by atoms with Crippen LogP contribution in [0, 0.1) is 5.82 Å². The van der Waals surface area contributed by atoms with E-state index in [-0.39, 0.29) is 5.92 Å². The third kappa shape index (κ3) is 4.39. The predicted octanol–water partition coefficient (Wildman–Crippen LogP) is 7.99. The smallest absolute Gasteiger partial charge is 0.416 e. The van der Waals surface area contributed by atoms with Gasteiger partial charge in [0.25, 0.3) is 0 Å². The van der Waals surface area contributed by atoms with Gasteiger partial charge in [-0.1, -0.05) is 37.1 Å². The summed E-state index contributed by atoms with van der Waals surface area (Å²) < 4.78 is 60.2. The van der Waals surface area contributed by atoms with Crippen molar-refractivity contribution >= 4 is 0 Å². The molecule has 1 heterocycles. The fourth-order valence-corrected chi connectivity index (χ4v) is 6.55. The number of hydrogen-bond acceptors (Lipinski definition) is 3. The molecular formula is C31H30F4O3. The molecule has 7 heteroatoms. The van der Waals surface area contributed by atoms with Gasteiger partial charge in [-0.05, 0) is 96.2 Å². The first-order chi connectivity index (χ1) is 18.2. The topological polar surface area (TPSA) is 49.7 Å². The lowest BCUT2D eigenvalue weighted by Gasteiger charge is -2.48. The highest BCUT2D eigenvalue weighted by Gasteiger charge is 2.47. The van der Waals surface area contributed by atoms with Crippen LogP contribution in [0.2, 0.25) is 0 Å². The summed E-state index contributed by atoms with van der Waals surface area (Å²) in [6.45, 7) is 0. The number of halogens is 4. The summed E-state index contributed by atoms with van der Waals surface area (Å²) in [7, 11) is 0. The van der Waals surface area contributed by atoms with Gasteiger partial charge in [0.1, 0.15) is 23.3 Å². The van der Waals surface area contributed by atoms with Crippen molar-refractivity contribution in [3.63, 3.8) is 0 Å². The van der Waals surface area contributed by atoms with Crippen molar-refractivity contribution in [3.05, 3.63) is 88.2 Å². The molecule has 6 rings (SSSR count). The van der Waals surface area contributed by atoms with Gasteiger partial charge in [-0.15, -0.1) is 0 Å². The van der Waals surface area contributed by atoms with Crippen LogP contribution in [0.4, 0.5) is 17.6 Å². The summed E-state index contributed by atoms with van der Waals surface area (Å²) >= 11 is 0. The molecule has 3 aromatic carbocycles. The van der Waals surface area contributed by atoms with E-state index in [9.17, 15) is 27.8 Å². The molecule has 2 fully saturated rings. The number of benzene rings is 3. The van der Waals surface area contributed by atoms with Crippen LogP contribution in [-0.4, -0.2) is 15.8 Å². The second kappa shape index (κ2) is 9.38. The monoisotopic (exact) mass is 526 g/mol. The molecule has 0 unspecified atom stereocenters. The highest BCUT2D eigenvalue weighted by atomic mass is 19.4. The van der Waals surface area contributed by atoms with Crippen molar-refractivity contribution < 1.29 is 32.5 Å². The molecule has 2 atom stereocenters. The third-order valence-corrected chi connectivity index (χ3v) is 8.65. The lowest BCUT2D eigenvalue weighted by molar-refractivity contribution is -0.137. The fourth-order valence-electron chi connectivity index (χ4n) is 6.55. The molecule has 3 nitrogen and oxygen atoms in total. The number of fused-ring (bicyclic) bond motifs is 1. The van der Waals surface area contributed by atoms with Gasteiger partial charge < -0.3 is 14.9 Å².